The van der Waals surface area contributed by atoms with E-state index in [9.17, 15) is 0 Å². The number of methoxy groups -OCH3 is 1. The summed E-state index contributed by atoms with van der Waals surface area (Å²) in [6.07, 6.45) is 1.90. The van der Waals surface area contributed by atoms with Gasteiger partial charge in [-0.2, -0.15) is 0 Å². The van der Waals surface area contributed by atoms with Crippen LogP contribution in [-0.4, -0.2) is 12.1 Å². The lowest BCUT2D eigenvalue weighted by Gasteiger charge is -2.06. The summed E-state index contributed by atoms with van der Waals surface area (Å²) in [4.78, 5) is 4.56. The summed E-state index contributed by atoms with van der Waals surface area (Å²) in [7, 11) is 1.66. The van der Waals surface area contributed by atoms with Crippen molar-refractivity contribution in [2.24, 2.45) is 5.73 Å². The number of hydrogen-bond donors (Lipinski definition) is 1. The second kappa shape index (κ2) is 6.41. The van der Waals surface area contributed by atoms with Crippen LogP contribution in [0, 0.1) is 0 Å². The molecule has 0 atom stereocenters. The first-order chi connectivity index (χ1) is 10.8. The highest BCUT2D eigenvalue weighted by atomic mass is 16.5. The van der Waals surface area contributed by atoms with Gasteiger partial charge in [-0.1, -0.05) is 30.3 Å². The summed E-state index contributed by atoms with van der Waals surface area (Å²) in [5.41, 5.74) is 11.0. The number of nitrogens with two attached hydrogens (primary N) is 1. The zero-order valence-electron chi connectivity index (χ0n) is 12.5. The molecule has 0 spiro atoms. The Balaban J connectivity index is 1.84. The normalized spacial score (nSPS) is 10.5. The molecular weight excluding hydrogens is 272 g/mol. The highest BCUT2D eigenvalue weighted by Gasteiger charge is 2.02. The minimum atomic E-state index is 0.564. The second-order valence-corrected chi connectivity index (χ2v) is 5.06. The lowest BCUT2D eigenvalue weighted by atomic mass is 10.0. The molecule has 3 aromatic rings. The number of rotatable bonds is 4. The molecule has 0 aliphatic heterocycles. The van der Waals surface area contributed by atoms with Gasteiger partial charge in [0.15, 0.2) is 0 Å². The van der Waals surface area contributed by atoms with Gasteiger partial charge in [-0.25, -0.2) is 0 Å². The Labute approximate surface area is 130 Å². The molecule has 0 saturated carbocycles. The molecule has 3 nitrogen and oxygen atoms in total. The first kappa shape index (κ1) is 14.3. The summed E-state index contributed by atoms with van der Waals surface area (Å²) >= 11 is 0. The summed E-state index contributed by atoms with van der Waals surface area (Å²) in [5, 5.41) is 0. The zero-order valence-corrected chi connectivity index (χ0v) is 12.5. The third-order valence-electron chi connectivity index (χ3n) is 3.67. The van der Waals surface area contributed by atoms with Crippen molar-refractivity contribution in [3.63, 3.8) is 0 Å². The Bertz CT molecular complexity index is 665. The Kier molecular flexibility index (Phi) is 4.17. The Morgan fingerprint density at radius 3 is 2.00 bits per heavy atom. The van der Waals surface area contributed by atoms with Crippen molar-refractivity contribution in [1.82, 2.24) is 4.98 Å². The number of pyridine rings is 1. The van der Waals surface area contributed by atoms with Gasteiger partial charge in [0.2, 0.25) is 0 Å². The average molecular weight is 290 g/mol. The lowest BCUT2D eigenvalue weighted by Crippen LogP contribution is -1.95. The SMILES string of the molecule is COc1ccc(-c2ccc(-c3ccc(CN)cc3)cn2)cc1. The van der Waals surface area contributed by atoms with Crippen LogP contribution < -0.4 is 10.5 Å². The van der Waals surface area contributed by atoms with E-state index in [4.69, 9.17) is 10.5 Å². The van der Waals surface area contributed by atoms with E-state index in [1.54, 1.807) is 7.11 Å². The van der Waals surface area contributed by atoms with Crippen LogP contribution in [0.2, 0.25) is 0 Å². The Morgan fingerprint density at radius 2 is 1.45 bits per heavy atom. The van der Waals surface area contributed by atoms with Gasteiger partial charge >= 0.3 is 0 Å². The number of nitrogens with zero attached hydrogens (tertiary/aromatic N) is 1. The molecule has 22 heavy (non-hydrogen) atoms. The quantitative estimate of drug-likeness (QED) is 0.793. The summed E-state index contributed by atoms with van der Waals surface area (Å²) in [6, 6.07) is 20.3. The van der Waals surface area contributed by atoms with Crippen LogP contribution in [0.1, 0.15) is 5.56 Å². The van der Waals surface area contributed by atoms with Gasteiger partial charge in [-0.15, -0.1) is 0 Å². The first-order valence-electron chi connectivity index (χ1n) is 7.20. The van der Waals surface area contributed by atoms with E-state index in [2.05, 4.69) is 23.2 Å². The Hall–Kier alpha value is -2.65. The predicted octanol–water partition coefficient (Wildman–Crippen LogP) is 3.88. The standard InChI is InChI=1S/C19H18N2O/c1-22-18-9-6-16(7-10-18)19-11-8-17(13-21-19)15-4-2-14(12-20)3-5-15/h2-11,13H,12,20H2,1H3. The van der Waals surface area contributed by atoms with Crippen molar-refractivity contribution < 1.29 is 4.74 Å². The fourth-order valence-electron chi connectivity index (χ4n) is 2.33. The summed E-state index contributed by atoms with van der Waals surface area (Å²) < 4.78 is 5.17. The maximum Gasteiger partial charge on any atom is 0.118 e. The summed E-state index contributed by atoms with van der Waals surface area (Å²) in [5.74, 6) is 0.848. The maximum absolute atomic E-state index is 5.62. The molecular formula is C19H18N2O. The number of hydrogen-bond acceptors (Lipinski definition) is 3. The molecule has 0 unspecified atom stereocenters. The Morgan fingerprint density at radius 1 is 0.818 bits per heavy atom. The van der Waals surface area contributed by atoms with E-state index in [1.807, 2.05) is 48.7 Å². The van der Waals surface area contributed by atoms with E-state index in [-0.39, 0.29) is 0 Å². The van der Waals surface area contributed by atoms with Crippen molar-refractivity contribution >= 4 is 0 Å². The topological polar surface area (TPSA) is 48.1 Å². The molecule has 0 bridgehead atoms. The second-order valence-electron chi connectivity index (χ2n) is 5.06. The number of benzene rings is 2. The summed E-state index contributed by atoms with van der Waals surface area (Å²) in [6.45, 7) is 0.564. The van der Waals surface area contributed by atoms with E-state index in [0.29, 0.717) is 6.54 Å². The molecule has 3 heteroatoms. The zero-order chi connectivity index (χ0) is 15.4. The van der Waals surface area contributed by atoms with Crippen molar-refractivity contribution in [3.8, 4) is 28.1 Å². The number of ether oxygens (including phenoxy) is 1. The minimum absolute atomic E-state index is 0.564. The van der Waals surface area contributed by atoms with Crippen LogP contribution in [0.4, 0.5) is 0 Å². The molecule has 110 valence electrons. The van der Waals surface area contributed by atoms with E-state index in [1.165, 1.54) is 0 Å². The van der Waals surface area contributed by atoms with E-state index < -0.39 is 0 Å². The van der Waals surface area contributed by atoms with Gasteiger partial charge < -0.3 is 10.5 Å². The molecule has 3 rings (SSSR count). The fourth-order valence-corrected chi connectivity index (χ4v) is 2.33. The van der Waals surface area contributed by atoms with Gasteiger partial charge in [0.05, 0.1) is 12.8 Å². The molecule has 0 aliphatic carbocycles. The molecule has 2 aromatic carbocycles. The van der Waals surface area contributed by atoms with E-state index in [0.717, 1.165) is 33.7 Å². The average Bonchev–Trinajstić information content (AvgIpc) is 2.62. The van der Waals surface area contributed by atoms with Gasteiger partial charge in [-0.3, -0.25) is 4.98 Å². The third kappa shape index (κ3) is 3.00. The van der Waals surface area contributed by atoms with Crippen LogP contribution >= 0.6 is 0 Å². The lowest BCUT2D eigenvalue weighted by molar-refractivity contribution is 0.415. The van der Waals surface area contributed by atoms with Gasteiger partial charge in [-0.05, 0) is 41.5 Å². The number of aromatic nitrogens is 1. The molecule has 0 saturated heterocycles. The molecule has 0 amide bonds. The maximum atomic E-state index is 5.62. The van der Waals surface area contributed by atoms with Crippen molar-refractivity contribution in [3.05, 3.63) is 72.4 Å². The third-order valence-corrected chi connectivity index (χ3v) is 3.67. The van der Waals surface area contributed by atoms with Gasteiger partial charge in [0, 0.05) is 23.9 Å². The van der Waals surface area contributed by atoms with Crippen LogP contribution in [0.15, 0.2) is 66.9 Å². The van der Waals surface area contributed by atoms with Crippen LogP contribution in [0.5, 0.6) is 5.75 Å². The van der Waals surface area contributed by atoms with E-state index >= 15 is 0 Å². The van der Waals surface area contributed by atoms with Crippen molar-refractivity contribution in [2.45, 2.75) is 6.54 Å². The molecule has 0 aliphatic rings. The van der Waals surface area contributed by atoms with Gasteiger partial charge in [0.1, 0.15) is 5.75 Å². The largest absolute Gasteiger partial charge is 0.497 e. The fraction of sp³-hybridized carbons (Fsp3) is 0.105. The van der Waals surface area contributed by atoms with Crippen molar-refractivity contribution in [1.29, 1.82) is 0 Å². The predicted molar refractivity (Wildman–Crippen MR) is 89.6 cm³/mol. The van der Waals surface area contributed by atoms with Crippen LogP contribution in [0.25, 0.3) is 22.4 Å². The van der Waals surface area contributed by atoms with Crippen LogP contribution in [0.3, 0.4) is 0 Å². The molecule has 1 aromatic heterocycles. The molecule has 0 fully saturated rings. The smallest absolute Gasteiger partial charge is 0.118 e. The molecule has 1 heterocycles. The minimum Gasteiger partial charge on any atom is -0.497 e. The van der Waals surface area contributed by atoms with Crippen molar-refractivity contribution in [2.75, 3.05) is 7.11 Å². The first-order valence-corrected chi connectivity index (χ1v) is 7.20. The van der Waals surface area contributed by atoms with Gasteiger partial charge in [0.25, 0.3) is 0 Å². The molecule has 0 radical (unpaired) electrons. The highest BCUT2D eigenvalue weighted by Crippen LogP contribution is 2.24. The highest BCUT2D eigenvalue weighted by molar-refractivity contribution is 5.67. The monoisotopic (exact) mass is 290 g/mol. The molecule has 2 N–H and O–H groups in total. The van der Waals surface area contributed by atoms with Crippen LogP contribution in [-0.2, 0) is 6.54 Å².